The Hall–Kier alpha value is -0.120. The quantitative estimate of drug-likeness (QED) is 0.718. The molecule has 1 heterocycles. The van der Waals surface area contributed by atoms with Crippen LogP contribution in [0.4, 0.5) is 0 Å². The SMILES string of the molecule is COCC(CCN)C1CCN(C)CC1. The molecule has 1 saturated heterocycles. The second kappa shape index (κ2) is 6.38. The van der Waals surface area contributed by atoms with Crippen molar-refractivity contribution in [1.29, 1.82) is 0 Å². The number of likely N-dealkylation sites (tertiary alicyclic amines) is 1. The van der Waals surface area contributed by atoms with E-state index in [1.54, 1.807) is 7.11 Å². The monoisotopic (exact) mass is 200 g/mol. The van der Waals surface area contributed by atoms with Gasteiger partial charge < -0.3 is 15.4 Å². The van der Waals surface area contributed by atoms with Crippen LogP contribution in [0.2, 0.25) is 0 Å². The number of nitrogens with zero attached hydrogens (tertiary/aromatic N) is 1. The molecule has 0 radical (unpaired) electrons. The summed E-state index contributed by atoms with van der Waals surface area (Å²) >= 11 is 0. The molecule has 2 N–H and O–H groups in total. The predicted molar refractivity (Wildman–Crippen MR) is 59.3 cm³/mol. The number of hydrogen-bond donors (Lipinski definition) is 1. The van der Waals surface area contributed by atoms with Crippen molar-refractivity contribution in [1.82, 2.24) is 4.90 Å². The van der Waals surface area contributed by atoms with Crippen LogP contribution in [0.1, 0.15) is 19.3 Å². The van der Waals surface area contributed by atoms with Gasteiger partial charge in [0.1, 0.15) is 0 Å². The van der Waals surface area contributed by atoms with Crippen LogP contribution < -0.4 is 5.73 Å². The Balaban J connectivity index is 2.34. The van der Waals surface area contributed by atoms with Crippen molar-refractivity contribution in [2.24, 2.45) is 17.6 Å². The van der Waals surface area contributed by atoms with Crippen LogP contribution in [0.15, 0.2) is 0 Å². The molecule has 0 bridgehead atoms. The van der Waals surface area contributed by atoms with Gasteiger partial charge in [0.2, 0.25) is 0 Å². The van der Waals surface area contributed by atoms with E-state index in [-0.39, 0.29) is 0 Å². The van der Waals surface area contributed by atoms with E-state index in [0.29, 0.717) is 5.92 Å². The number of piperidine rings is 1. The smallest absolute Gasteiger partial charge is 0.0493 e. The molecule has 1 atom stereocenters. The minimum Gasteiger partial charge on any atom is -0.384 e. The van der Waals surface area contributed by atoms with Crippen molar-refractivity contribution >= 4 is 0 Å². The molecule has 14 heavy (non-hydrogen) atoms. The highest BCUT2D eigenvalue weighted by Gasteiger charge is 2.24. The van der Waals surface area contributed by atoms with E-state index >= 15 is 0 Å². The van der Waals surface area contributed by atoms with E-state index in [1.807, 2.05) is 0 Å². The molecule has 0 aliphatic carbocycles. The number of ether oxygens (including phenoxy) is 1. The molecular formula is C11H24N2O. The molecule has 1 rings (SSSR count). The Morgan fingerprint density at radius 2 is 2.07 bits per heavy atom. The van der Waals surface area contributed by atoms with Gasteiger partial charge in [-0.15, -0.1) is 0 Å². The van der Waals surface area contributed by atoms with Crippen molar-refractivity contribution < 1.29 is 4.74 Å². The topological polar surface area (TPSA) is 38.5 Å². The van der Waals surface area contributed by atoms with Crippen LogP contribution in [0.3, 0.4) is 0 Å². The molecule has 0 spiro atoms. The zero-order chi connectivity index (χ0) is 10.4. The van der Waals surface area contributed by atoms with E-state index in [9.17, 15) is 0 Å². The van der Waals surface area contributed by atoms with Gasteiger partial charge in [-0.1, -0.05) is 0 Å². The maximum atomic E-state index is 5.63. The van der Waals surface area contributed by atoms with Crippen LogP contribution in [0.5, 0.6) is 0 Å². The third-order valence-corrected chi connectivity index (χ3v) is 3.35. The van der Waals surface area contributed by atoms with E-state index < -0.39 is 0 Å². The molecule has 0 amide bonds. The lowest BCUT2D eigenvalue weighted by Gasteiger charge is -2.34. The highest BCUT2D eigenvalue weighted by Crippen LogP contribution is 2.26. The molecule has 0 aromatic heterocycles. The zero-order valence-electron chi connectivity index (χ0n) is 9.54. The van der Waals surface area contributed by atoms with Crippen molar-refractivity contribution in [3.8, 4) is 0 Å². The average Bonchev–Trinajstić information content (AvgIpc) is 2.19. The highest BCUT2D eigenvalue weighted by molar-refractivity contribution is 4.76. The first-order valence-corrected chi connectivity index (χ1v) is 5.65. The first-order chi connectivity index (χ1) is 6.77. The highest BCUT2D eigenvalue weighted by atomic mass is 16.5. The van der Waals surface area contributed by atoms with Crippen LogP contribution in [-0.4, -0.2) is 45.3 Å². The summed E-state index contributed by atoms with van der Waals surface area (Å²) in [5.41, 5.74) is 5.63. The van der Waals surface area contributed by atoms with E-state index in [0.717, 1.165) is 25.5 Å². The normalized spacial score (nSPS) is 22.5. The molecule has 1 unspecified atom stereocenters. The molecule has 84 valence electrons. The molecule has 1 fully saturated rings. The fourth-order valence-corrected chi connectivity index (χ4v) is 2.38. The molecule has 3 heteroatoms. The third kappa shape index (κ3) is 3.56. The second-order valence-electron chi connectivity index (χ2n) is 4.43. The third-order valence-electron chi connectivity index (χ3n) is 3.35. The summed E-state index contributed by atoms with van der Waals surface area (Å²) in [6, 6.07) is 0. The van der Waals surface area contributed by atoms with Gasteiger partial charge in [0, 0.05) is 13.7 Å². The second-order valence-corrected chi connectivity index (χ2v) is 4.43. The van der Waals surface area contributed by atoms with E-state index in [1.165, 1.54) is 25.9 Å². The van der Waals surface area contributed by atoms with Gasteiger partial charge in [-0.3, -0.25) is 0 Å². The van der Waals surface area contributed by atoms with Crippen molar-refractivity contribution in [3.63, 3.8) is 0 Å². The summed E-state index contributed by atoms with van der Waals surface area (Å²) in [5, 5.41) is 0. The van der Waals surface area contributed by atoms with Crippen molar-refractivity contribution in [3.05, 3.63) is 0 Å². The Labute approximate surface area is 87.6 Å². The molecule has 0 aromatic carbocycles. The lowest BCUT2D eigenvalue weighted by Crippen LogP contribution is -2.35. The Bertz CT molecular complexity index is 138. The van der Waals surface area contributed by atoms with Gasteiger partial charge in [0.15, 0.2) is 0 Å². The van der Waals surface area contributed by atoms with Crippen LogP contribution >= 0.6 is 0 Å². The van der Waals surface area contributed by atoms with E-state index in [4.69, 9.17) is 10.5 Å². The zero-order valence-corrected chi connectivity index (χ0v) is 9.54. The van der Waals surface area contributed by atoms with Gasteiger partial charge in [0.25, 0.3) is 0 Å². The fourth-order valence-electron chi connectivity index (χ4n) is 2.38. The van der Waals surface area contributed by atoms with Crippen molar-refractivity contribution in [2.45, 2.75) is 19.3 Å². The molecular weight excluding hydrogens is 176 g/mol. The largest absolute Gasteiger partial charge is 0.384 e. The standard InChI is InChI=1S/C11H24N2O/c1-13-7-4-10(5-8-13)11(3-6-12)9-14-2/h10-11H,3-9,12H2,1-2H3. The number of methoxy groups -OCH3 is 1. The Kier molecular flexibility index (Phi) is 5.45. The van der Waals surface area contributed by atoms with Gasteiger partial charge in [-0.2, -0.15) is 0 Å². The van der Waals surface area contributed by atoms with Gasteiger partial charge in [-0.05, 0) is 57.8 Å². The maximum Gasteiger partial charge on any atom is 0.0493 e. The Morgan fingerprint density at radius 3 is 2.57 bits per heavy atom. The van der Waals surface area contributed by atoms with Gasteiger partial charge in [0.05, 0.1) is 0 Å². The fraction of sp³-hybridized carbons (Fsp3) is 1.00. The first-order valence-electron chi connectivity index (χ1n) is 5.65. The van der Waals surface area contributed by atoms with Gasteiger partial charge in [-0.25, -0.2) is 0 Å². The Morgan fingerprint density at radius 1 is 1.43 bits per heavy atom. The molecule has 0 saturated carbocycles. The number of hydrogen-bond acceptors (Lipinski definition) is 3. The van der Waals surface area contributed by atoms with Crippen LogP contribution in [0, 0.1) is 11.8 Å². The van der Waals surface area contributed by atoms with Crippen LogP contribution in [-0.2, 0) is 4.74 Å². The lowest BCUT2D eigenvalue weighted by molar-refractivity contribution is 0.0847. The average molecular weight is 200 g/mol. The summed E-state index contributed by atoms with van der Waals surface area (Å²) in [7, 11) is 3.99. The van der Waals surface area contributed by atoms with Crippen LogP contribution in [0.25, 0.3) is 0 Å². The van der Waals surface area contributed by atoms with Crippen molar-refractivity contribution in [2.75, 3.05) is 40.4 Å². The summed E-state index contributed by atoms with van der Waals surface area (Å²) in [6.45, 7) is 4.14. The molecule has 1 aliphatic heterocycles. The van der Waals surface area contributed by atoms with E-state index in [2.05, 4.69) is 11.9 Å². The lowest BCUT2D eigenvalue weighted by atomic mass is 9.83. The number of rotatable bonds is 5. The summed E-state index contributed by atoms with van der Waals surface area (Å²) in [6.07, 6.45) is 3.73. The summed E-state index contributed by atoms with van der Waals surface area (Å²) in [4.78, 5) is 2.41. The minimum atomic E-state index is 0.679. The number of nitrogens with two attached hydrogens (primary N) is 1. The molecule has 0 aromatic rings. The minimum absolute atomic E-state index is 0.679. The maximum absolute atomic E-state index is 5.63. The molecule has 3 nitrogen and oxygen atoms in total. The molecule has 1 aliphatic rings. The van der Waals surface area contributed by atoms with Gasteiger partial charge >= 0.3 is 0 Å². The predicted octanol–water partition coefficient (Wildman–Crippen LogP) is 0.940. The summed E-state index contributed by atoms with van der Waals surface area (Å²) < 4.78 is 5.27. The first kappa shape index (κ1) is 12.0. The summed E-state index contributed by atoms with van der Waals surface area (Å²) in [5.74, 6) is 1.51.